The lowest BCUT2D eigenvalue weighted by Crippen LogP contribution is -2.44. The fraction of sp³-hybridized carbons (Fsp3) is 0.556. The smallest absolute Gasteiger partial charge is 0.308 e. The molecular formula is C18H22N2O6. The highest BCUT2D eigenvalue weighted by atomic mass is 16.7. The van der Waals surface area contributed by atoms with E-state index in [0.717, 1.165) is 18.7 Å². The lowest BCUT2D eigenvalue weighted by atomic mass is 9.89. The van der Waals surface area contributed by atoms with Crippen LogP contribution in [-0.4, -0.2) is 79.5 Å². The maximum Gasteiger partial charge on any atom is 0.308 e. The van der Waals surface area contributed by atoms with Gasteiger partial charge in [-0.25, -0.2) is 0 Å². The van der Waals surface area contributed by atoms with Crippen LogP contribution in [0.1, 0.15) is 11.5 Å². The van der Waals surface area contributed by atoms with Gasteiger partial charge < -0.3 is 24.2 Å². The molecule has 2 atom stereocenters. The molecule has 2 unspecified atom stereocenters. The van der Waals surface area contributed by atoms with Gasteiger partial charge in [0.1, 0.15) is 0 Å². The third-order valence-electron chi connectivity index (χ3n) is 5.28. The SMILES string of the molecule is O=C(O)C1CN(C(=O)CN2CCOCC2)CC1c1ccc2c(c1)OCO2. The van der Waals surface area contributed by atoms with Crippen LogP contribution in [0, 0.1) is 5.92 Å². The number of rotatable bonds is 4. The van der Waals surface area contributed by atoms with Crippen LogP contribution in [0.4, 0.5) is 0 Å². The molecule has 3 aliphatic rings. The van der Waals surface area contributed by atoms with Gasteiger partial charge in [0.25, 0.3) is 0 Å². The summed E-state index contributed by atoms with van der Waals surface area (Å²) < 4.78 is 16.0. The molecule has 4 rings (SSSR count). The number of carboxylic acid groups (broad SMARTS) is 1. The highest BCUT2D eigenvalue weighted by molar-refractivity contribution is 5.81. The lowest BCUT2D eigenvalue weighted by Gasteiger charge is -2.28. The topological polar surface area (TPSA) is 88.5 Å². The van der Waals surface area contributed by atoms with Crippen molar-refractivity contribution in [2.75, 3.05) is 52.7 Å². The van der Waals surface area contributed by atoms with Crippen molar-refractivity contribution in [1.29, 1.82) is 0 Å². The predicted octanol–water partition coefficient (Wildman–Crippen LogP) is 0.374. The van der Waals surface area contributed by atoms with Gasteiger partial charge in [-0.05, 0) is 17.7 Å². The fourth-order valence-corrected chi connectivity index (χ4v) is 3.79. The lowest BCUT2D eigenvalue weighted by molar-refractivity contribution is -0.142. The molecule has 140 valence electrons. The number of aliphatic carboxylic acids is 1. The molecule has 0 bridgehead atoms. The van der Waals surface area contributed by atoms with E-state index < -0.39 is 11.9 Å². The first-order valence-corrected chi connectivity index (χ1v) is 8.82. The molecule has 8 nitrogen and oxygen atoms in total. The average molecular weight is 362 g/mol. The van der Waals surface area contributed by atoms with Gasteiger partial charge in [0, 0.05) is 32.1 Å². The van der Waals surface area contributed by atoms with Crippen LogP contribution in [-0.2, 0) is 14.3 Å². The molecule has 3 aliphatic heterocycles. The molecule has 1 aromatic carbocycles. The molecule has 0 spiro atoms. The molecule has 1 aromatic rings. The van der Waals surface area contributed by atoms with Gasteiger partial charge in [0.05, 0.1) is 25.7 Å². The summed E-state index contributed by atoms with van der Waals surface area (Å²) >= 11 is 0. The molecule has 0 aromatic heterocycles. The van der Waals surface area contributed by atoms with Crippen LogP contribution in [0.5, 0.6) is 11.5 Å². The average Bonchev–Trinajstić information content (AvgIpc) is 3.29. The van der Waals surface area contributed by atoms with Crippen LogP contribution in [0.25, 0.3) is 0 Å². The van der Waals surface area contributed by atoms with Crippen molar-refractivity contribution >= 4 is 11.9 Å². The number of nitrogens with zero attached hydrogens (tertiary/aromatic N) is 2. The number of hydrogen-bond acceptors (Lipinski definition) is 6. The highest BCUT2D eigenvalue weighted by Gasteiger charge is 2.41. The zero-order chi connectivity index (χ0) is 18.1. The normalized spacial score (nSPS) is 25.5. The van der Waals surface area contributed by atoms with E-state index in [1.54, 1.807) is 11.0 Å². The van der Waals surface area contributed by atoms with Crippen LogP contribution in [0.3, 0.4) is 0 Å². The van der Waals surface area contributed by atoms with Gasteiger partial charge in [-0.1, -0.05) is 6.07 Å². The van der Waals surface area contributed by atoms with E-state index in [1.165, 1.54) is 0 Å². The number of morpholine rings is 1. The Morgan fingerprint density at radius 3 is 2.65 bits per heavy atom. The van der Waals surface area contributed by atoms with E-state index in [1.807, 2.05) is 12.1 Å². The van der Waals surface area contributed by atoms with Crippen LogP contribution < -0.4 is 9.47 Å². The van der Waals surface area contributed by atoms with E-state index in [4.69, 9.17) is 14.2 Å². The molecule has 3 heterocycles. The van der Waals surface area contributed by atoms with Gasteiger partial charge in [-0.3, -0.25) is 14.5 Å². The third kappa shape index (κ3) is 3.34. The molecule has 2 saturated heterocycles. The Balaban J connectivity index is 1.48. The standard InChI is InChI=1S/C18H22N2O6/c21-17(10-19-3-5-24-6-4-19)20-8-13(14(9-20)18(22)23)12-1-2-15-16(7-12)26-11-25-15/h1-2,7,13-14H,3-6,8-11H2,(H,22,23). The maximum absolute atomic E-state index is 12.7. The first-order chi connectivity index (χ1) is 12.6. The largest absolute Gasteiger partial charge is 0.481 e. The van der Waals surface area contributed by atoms with Crippen LogP contribution in [0.15, 0.2) is 18.2 Å². The summed E-state index contributed by atoms with van der Waals surface area (Å²) in [6.07, 6.45) is 0. The summed E-state index contributed by atoms with van der Waals surface area (Å²) in [6, 6.07) is 5.50. The first-order valence-electron chi connectivity index (χ1n) is 8.82. The van der Waals surface area contributed by atoms with E-state index >= 15 is 0 Å². The Morgan fingerprint density at radius 1 is 1.12 bits per heavy atom. The molecule has 0 aliphatic carbocycles. The van der Waals surface area contributed by atoms with Crippen molar-refractivity contribution in [3.05, 3.63) is 23.8 Å². The van der Waals surface area contributed by atoms with Crippen molar-refractivity contribution in [3.63, 3.8) is 0 Å². The number of carbonyl (C=O) groups excluding carboxylic acids is 1. The van der Waals surface area contributed by atoms with Gasteiger partial charge in [-0.15, -0.1) is 0 Å². The number of amides is 1. The molecule has 2 fully saturated rings. The van der Waals surface area contributed by atoms with Crippen molar-refractivity contribution in [3.8, 4) is 11.5 Å². The van der Waals surface area contributed by atoms with Gasteiger partial charge in [0.2, 0.25) is 12.7 Å². The Hall–Kier alpha value is -2.32. The minimum Gasteiger partial charge on any atom is -0.481 e. The third-order valence-corrected chi connectivity index (χ3v) is 5.28. The second-order valence-corrected chi connectivity index (χ2v) is 6.85. The summed E-state index contributed by atoms with van der Waals surface area (Å²) in [5, 5.41) is 9.64. The molecule has 1 amide bonds. The maximum atomic E-state index is 12.7. The second kappa shape index (κ2) is 7.13. The van der Waals surface area contributed by atoms with E-state index in [-0.39, 0.29) is 25.2 Å². The number of likely N-dealkylation sites (tertiary alicyclic amines) is 1. The Morgan fingerprint density at radius 2 is 1.88 bits per heavy atom. The zero-order valence-corrected chi connectivity index (χ0v) is 14.4. The minimum absolute atomic E-state index is 0.0265. The van der Waals surface area contributed by atoms with Crippen molar-refractivity contribution in [2.24, 2.45) is 5.92 Å². The van der Waals surface area contributed by atoms with E-state index in [0.29, 0.717) is 37.8 Å². The van der Waals surface area contributed by atoms with Crippen LogP contribution in [0.2, 0.25) is 0 Å². The second-order valence-electron chi connectivity index (χ2n) is 6.85. The van der Waals surface area contributed by atoms with Crippen molar-refractivity contribution in [1.82, 2.24) is 9.80 Å². The van der Waals surface area contributed by atoms with Gasteiger partial charge >= 0.3 is 5.97 Å². The number of ether oxygens (including phenoxy) is 3. The Bertz CT molecular complexity index is 703. The summed E-state index contributed by atoms with van der Waals surface area (Å²) in [7, 11) is 0. The fourth-order valence-electron chi connectivity index (χ4n) is 3.79. The van der Waals surface area contributed by atoms with Gasteiger partial charge in [-0.2, -0.15) is 0 Å². The number of fused-ring (bicyclic) bond motifs is 1. The first kappa shape index (κ1) is 17.1. The van der Waals surface area contributed by atoms with Crippen molar-refractivity contribution in [2.45, 2.75) is 5.92 Å². The summed E-state index contributed by atoms with van der Waals surface area (Å²) in [5.74, 6) is -0.487. The van der Waals surface area contributed by atoms with Crippen molar-refractivity contribution < 1.29 is 28.9 Å². The summed E-state index contributed by atoms with van der Waals surface area (Å²) in [4.78, 5) is 28.1. The Labute approximate surface area is 151 Å². The number of benzene rings is 1. The molecule has 26 heavy (non-hydrogen) atoms. The molecule has 8 heteroatoms. The molecule has 0 saturated carbocycles. The summed E-state index contributed by atoms with van der Waals surface area (Å²) in [5.41, 5.74) is 0.864. The zero-order valence-electron chi connectivity index (χ0n) is 14.4. The van der Waals surface area contributed by atoms with E-state index in [9.17, 15) is 14.7 Å². The number of hydrogen-bond donors (Lipinski definition) is 1. The molecular weight excluding hydrogens is 340 g/mol. The minimum atomic E-state index is -0.880. The predicted molar refractivity (Wildman–Crippen MR) is 90.3 cm³/mol. The van der Waals surface area contributed by atoms with Gasteiger partial charge in [0.15, 0.2) is 11.5 Å². The molecule has 1 N–H and O–H groups in total. The van der Waals surface area contributed by atoms with Crippen LogP contribution >= 0.6 is 0 Å². The Kier molecular flexibility index (Phi) is 4.69. The number of carboxylic acids is 1. The molecule has 0 radical (unpaired) electrons. The quantitative estimate of drug-likeness (QED) is 0.828. The summed E-state index contributed by atoms with van der Waals surface area (Å²) in [6.45, 7) is 3.84. The number of carbonyl (C=O) groups is 2. The van der Waals surface area contributed by atoms with E-state index in [2.05, 4.69) is 4.90 Å². The monoisotopic (exact) mass is 362 g/mol. The highest BCUT2D eigenvalue weighted by Crippen LogP contribution is 2.39.